The summed E-state index contributed by atoms with van der Waals surface area (Å²) in [7, 11) is 0. The second-order valence-corrected chi connectivity index (χ2v) is 14.7. The van der Waals surface area contributed by atoms with E-state index in [1.807, 2.05) is 0 Å². The molecule has 2 atom stereocenters. The van der Waals surface area contributed by atoms with E-state index < -0.39 is 24.1 Å². The number of carbonyl (C=O) groups is 2. The van der Waals surface area contributed by atoms with E-state index in [4.69, 9.17) is 4.74 Å². The molecule has 0 aromatic heterocycles. The fraction of sp³-hybridized carbons (Fsp3) is 0.952. The third kappa shape index (κ3) is 36.0. The lowest BCUT2D eigenvalue weighted by atomic mass is 10.0. The predicted molar refractivity (Wildman–Crippen MR) is 201 cm³/mol. The van der Waals surface area contributed by atoms with Gasteiger partial charge < -0.3 is 14.9 Å². The van der Waals surface area contributed by atoms with Crippen LogP contribution in [0.2, 0.25) is 0 Å². The number of esters is 1. The summed E-state index contributed by atoms with van der Waals surface area (Å²) in [6.07, 6.45) is 41.8. The number of aliphatic carboxylic acids is 1. The van der Waals surface area contributed by atoms with Crippen LogP contribution in [0.5, 0.6) is 0 Å². The van der Waals surface area contributed by atoms with Crippen LogP contribution in [-0.4, -0.2) is 34.4 Å². The summed E-state index contributed by atoms with van der Waals surface area (Å²) in [6.45, 7) is 4.54. The van der Waals surface area contributed by atoms with Crippen molar-refractivity contribution < 1.29 is 24.5 Å². The number of aliphatic hydroxyl groups excluding tert-OH is 1. The molecule has 0 aliphatic heterocycles. The zero-order valence-corrected chi connectivity index (χ0v) is 31.7. The Labute approximate surface area is 293 Å². The molecular weight excluding hydrogens is 584 g/mol. The molecule has 2 N–H and O–H groups in total. The van der Waals surface area contributed by atoms with E-state index in [9.17, 15) is 19.8 Å². The number of carboxylic acids is 1. The van der Waals surface area contributed by atoms with E-state index in [1.54, 1.807) is 0 Å². The fourth-order valence-electron chi connectivity index (χ4n) is 6.74. The topological polar surface area (TPSA) is 83.8 Å². The predicted octanol–water partition coefficient (Wildman–Crippen LogP) is 13.4. The third-order valence-electron chi connectivity index (χ3n) is 9.92. The Kier molecular flexibility index (Phi) is 36.8. The number of carboxylic acid groups (broad SMARTS) is 1. The first-order valence-corrected chi connectivity index (χ1v) is 21.1. The largest absolute Gasteiger partial charge is 0.481 e. The molecule has 5 nitrogen and oxygen atoms in total. The lowest BCUT2D eigenvalue weighted by Gasteiger charge is -2.18. The number of rotatable bonds is 39. The first-order chi connectivity index (χ1) is 23.0. The van der Waals surface area contributed by atoms with Gasteiger partial charge in [-0.3, -0.25) is 4.79 Å². The van der Waals surface area contributed by atoms with Crippen molar-refractivity contribution in [2.45, 2.75) is 257 Å². The smallest absolute Gasteiger partial charge is 0.335 e. The molecule has 280 valence electrons. The summed E-state index contributed by atoms with van der Waals surface area (Å²) in [4.78, 5) is 23.7. The summed E-state index contributed by atoms with van der Waals surface area (Å²) >= 11 is 0. The molecule has 0 aliphatic rings. The van der Waals surface area contributed by atoms with Crippen molar-refractivity contribution in [3.63, 3.8) is 0 Å². The van der Waals surface area contributed by atoms with Crippen LogP contribution in [-0.2, 0) is 14.3 Å². The highest BCUT2D eigenvalue weighted by atomic mass is 16.6. The highest BCUT2D eigenvalue weighted by Crippen LogP contribution is 2.18. The number of ether oxygens (including phenoxy) is 1. The fourth-order valence-corrected chi connectivity index (χ4v) is 6.74. The van der Waals surface area contributed by atoms with Gasteiger partial charge in [-0.15, -0.1) is 0 Å². The summed E-state index contributed by atoms with van der Waals surface area (Å²) in [5.41, 5.74) is 0. The quantitative estimate of drug-likeness (QED) is 0.0504. The molecule has 0 aliphatic carbocycles. The summed E-state index contributed by atoms with van der Waals surface area (Å²) in [6, 6.07) is 0. The van der Waals surface area contributed by atoms with Gasteiger partial charge in [0.25, 0.3) is 0 Å². The monoisotopic (exact) mass is 667 g/mol. The molecule has 2 unspecified atom stereocenters. The second-order valence-electron chi connectivity index (χ2n) is 14.7. The van der Waals surface area contributed by atoms with Gasteiger partial charge in [0.05, 0.1) is 6.42 Å². The maximum absolute atomic E-state index is 12.4. The molecular formula is C42H82O5. The molecule has 0 spiro atoms. The molecule has 0 aromatic rings. The van der Waals surface area contributed by atoms with Crippen LogP contribution < -0.4 is 0 Å². The van der Waals surface area contributed by atoms with Gasteiger partial charge in [0, 0.05) is 0 Å². The van der Waals surface area contributed by atoms with Crippen molar-refractivity contribution in [1.82, 2.24) is 0 Å². The van der Waals surface area contributed by atoms with E-state index in [2.05, 4.69) is 13.8 Å². The maximum atomic E-state index is 12.4. The minimum absolute atomic E-state index is 0.184. The highest BCUT2D eigenvalue weighted by Gasteiger charge is 2.23. The van der Waals surface area contributed by atoms with Crippen molar-refractivity contribution in [2.75, 3.05) is 0 Å². The summed E-state index contributed by atoms with van der Waals surface area (Å²) < 4.78 is 5.45. The van der Waals surface area contributed by atoms with Crippen molar-refractivity contribution >= 4 is 11.9 Å². The maximum Gasteiger partial charge on any atom is 0.335 e. The molecule has 0 aromatic carbocycles. The van der Waals surface area contributed by atoms with Gasteiger partial charge in [-0.2, -0.15) is 0 Å². The Hall–Kier alpha value is -1.10. The zero-order chi connectivity index (χ0) is 34.5. The molecule has 0 rings (SSSR count). The SMILES string of the molecule is CCCCCCCCCCCCCCCCCCCCCCC(O)C(=O)OC(CCCCCCCCCCCCCCC)CC(=O)O. The van der Waals surface area contributed by atoms with Gasteiger partial charge in [0.2, 0.25) is 0 Å². The minimum atomic E-state index is -1.14. The Morgan fingerprint density at radius 3 is 0.957 bits per heavy atom. The lowest BCUT2D eigenvalue weighted by molar-refractivity contribution is -0.162. The second kappa shape index (κ2) is 37.7. The van der Waals surface area contributed by atoms with Crippen molar-refractivity contribution in [3.05, 3.63) is 0 Å². The van der Waals surface area contributed by atoms with Crippen LogP contribution in [0.15, 0.2) is 0 Å². The summed E-state index contributed by atoms with van der Waals surface area (Å²) in [5.74, 6) is -1.61. The average molecular weight is 667 g/mol. The number of unbranched alkanes of at least 4 members (excludes halogenated alkanes) is 31. The van der Waals surface area contributed by atoms with Crippen LogP contribution in [0.3, 0.4) is 0 Å². The summed E-state index contributed by atoms with van der Waals surface area (Å²) in [5, 5.41) is 19.6. The van der Waals surface area contributed by atoms with Crippen molar-refractivity contribution in [1.29, 1.82) is 0 Å². The number of carbonyl (C=O) groups excluding carboxylic acids is 1. The molecule has 0 bridgehead atoms. The first-order valence-electron chi connectivity index (χ1n) is 21.1. The third-order valence-corrected chi connectivity index (χ3v) is 9.92. The zero-order valence-electron chi connectivity index (χ0n) is 31.7. The van der Waals surface area contributed by atoms with E-state index >= 15 is 0 Å². The van der Waals surface area contributed by atoms with Gasteiger partial charge in [-0.25, -0.2) is 4.79 Å². The van der Waals surface area contributed by atoms with Crippen LogP contribution >= 0.6 is 0 Å². The first kappa shape index (κ1) is 45.9. The van der Waals surface area contributed by atoms with Gasteiger partial charge >= 0.3 is 11.9 Å². The van der Waals surface area contributed by atoms with E-state index in [1.165, 1.54) is 173 Å². The Morgan fingerprint density at radius 1 is 0.426 bits per heavy atom. The molecule has 0 amide bonds. The molecule has 0 radical (unpaired) electrons. The highest BCUT2D eigenvalue weighted by molar-refractivity contribution is 5.75. The number of hydrogen-bond donors (Lipinski definition) is 2. The van der Waals surface area contributed by atoms with Crippen LogP contribution in [0, 0.1) is 0 Å². The van der Waals surface area contributed by atoms with E-state index in [0.29, 0.717) is 12.8 Å². The van der Waals surface area contributed by atoms with Gasteiger partial charge in [-0.1, -0.05) is 219 Å². The number of hydrogen-bond acceptors (Lipinski definition) is 4. The normalized spacial score (nSPS) is 12.7. The number of aliphatic hydroxyl groups is 1. The standard InChI is InChI=1S/C42H82O5/c1-3-5-7-9-11-13-15-17-18-19-20-21-22-23-25-27-29-31-33-35-37-40(43)42(46)47-39(38-41(44)45)36-34-32-30-28-26-24-16-14-12-10-8-6-4-2/h39-40,43H,3-38H2,1-2H3,(H,44,45). The van der Waals surface area contributed by atoms with Gasteiger partial charge in [0.1, 0.15) is 6.10 Å². The molecule has 47 heavy (non-hydrogen) atoms. The lowest BCUT2D eigenvalue weighted by Crippen LogP contribution is -2.29. The molecule has 0 saturated carbocycles. The average Bonchev–Trinajstić information content (AvgIpc) is 3.05. The van der Waals surface area contributed by atoms with Crippen LogP contribution in [0.4, 0.5) is 0 Å². The van der Waals surface area contributed by atoms with Gasteiger partial charge in [-0.05, 0) is 19.3 Å². The van der Waals surface area contributed by atoms with Crippen molar-refractivity contribution in [3.8, 4) is 0 Å². The van der Waals surface area contributed by atoms with E-state index in [-0.39, 0.29) is 6.42 Å². The Bertz CT molecular complexity index is 651. The van der Waals surface area contributed by atoms with E-state index in [0.717, 1.165) is 38.5 Å². The van der Waals surface area contributed by atoms with Crippen molar-refractivity contribution in [2.24, 2.45) is 0 Å². The molecule has 5 heteroatoms. The van der Waals surface area contributed by atoms with Crippen LogP contribution in [0.25, 0.3) is 0 Å². The molecule has 0 fully saturated rings. The Balaban J connectivity index is 3.65. The molecule has 0 saturated heterocycles. The molecule has 0 heterocycles. The van der Waals surface area contributed by atoms with Crippen LogP contribution in [0.1, 0.15) is 245 Å². The Morgan fingerprint density at radius 2 is 0.681 bits per heavy atom. The van der Waals surface area contributed by atoms with Gasteiger partial charge in [0.15, 0.2) is 6.10 Å². The minimum Gasteiger partial charge on any atom is -0.481 e.